The first-order valence-corrected chi connectivity index (χ1v) is 18.4. The topological polar surface area (TPSA) is 179 Å². The second-order valence-electron chi connectivity index (χ2n) is 13.1. The molecule has 1 aliphatic heterocycles. The monoisotopic (exact) mass is 782 g/mol. The Balaban J connectivity index is 0.896. The Kier molecular flexibility index (Phi) is 13.1. The first-order chi connectivity index (χ1) is 27.1. The van der Waals surface area contributed by atoms with E-state index in [0.29, 0.717) is 52.3 Å². The summed E-state index contributed by atoms with van der Waals surface area (Å²) in [6.07, 6.45) is 1.82. The number of carbonyl (C=O) groups excluding carboxylic acids is 4. The molecule has 6 rings (SSSR count). The van der Waals surface area contributed by atoms with Crippen molar-refractivity contribution in [3.05, 3.63) is 123 Å². The van der Waals surface area contributed by atoms with E-state index in [1.54, 1.807) is 53.4 Å². The van der Waals surface area contributed by atoms with Crippen LogP contribution in [0.5, 0.6) is 0 Å². The molecule has 1 saturated heterocycles. The Morgan fingerprint density at radius 3 is 2.41 bits per heavy atom. The predicted octanol–water partition coefficient (Wildman–Crippen LogP) is 3.65. The minimum atomic E-state index is -0.640. The van der Waals surface area contributed by atoms with Gasteiger partial charge in [-0.2, -0.15) is 5.10 Å². The van der Waals surface area contributed by atoms with Crippen LogP contribution < -0.4 is 21.5 Å². The minimum absolute atomic E-state index is 0.0589. The normalized spacial score (nSPS) is 12.8. The van der Waals surface area contributed by atoms with Crippen molar-refractivity contribution in [3.8, 4) is 11.1 Å². The molecule has 0 radical (unpaired) electrons. The highest BCUT2D eigenvalue weighted by Crippen LogP contribution is 2.26. The summed E-state index contributed by atoms with van der Waals surface area (Å²) in [5.41, 5.74) is 2.70. The predicted molar refractivity (Wildman–Crippen MR) is 209 cm³/mol. The molecule has 16 heteroatoms. The van der Waals surface area contributed by atoms with Gasteiger partial charge in [-0.05, 0) is 47.5 Å². The standard InChI is InChI=1S/C40H40ClFN8O6/c1-25(51)46-35-22-28(27-5-4-6-29(41)21-27)23-45-37(35)39(54)44-12-18-56-17-11-43-24-36(52)49-13-15-50(16-14-49)40(55)32-19-26(9-10-33(32)42)20-34-30-7-2-3-8-31(30)38(53)48-47-34/h2-10,19,21-23,43H,11-18,20,24H2,1H3,(H,44,54)(H,46,51)(H,48,53). The number of aromatic amines is 1. The lowest BCUT2D eigenvalue weighted by molar-refractivity contribution is -0.131. The highest BCUT2D eigenvalue weighted by Gasteiger charge is 2.26. The molecule has 1 fully saturated rings. The lowest BCUT2D eigenvalue weighted by Gasteiger charge is -2.35. The average molecular weight is 783 g/mol. The molecule has 2 aromatic heterocycles. The zero-order valence-electron chi connectivity index (χ0n) is 30.6. The summed E-state index contributed by atoms with van der Waals surface area (Å²) in [6, 6.07) is 20.3. The van der Waals surface area contributed by atoms with Gasteiger partial charge < -0.3 is 30.5 Å². The molecule has 5 aromatic rings. The van der Waals surface area contributed by atoms with E-state index < -0.39 is 17.6 Å². The van der Waals surface area contributed by atoms with Gasteiger partial charge in [-0.3, -0.25) is 24.0 Å². The molecule has 0 saturated carbocycles. The Morgan fingerprint density at radius 2 is 1.64 bits per heavy atom. The van der Waals surface area contributed by atoms with Gasteiger partial charge in [0.2, 0.25) is 11.8 Å². The van der Waals surface area contributed by atoms with E-state index >= 15 is 0 Å². The number of hydrogen-bond acceptors (Lipinski definition) is 9. The van der Waals surface area contributed by atoms with E-state index in [1.165, 1.54) is 30.2 Å². The highest BCUT2D eigenvalue weighted by molar-refractivity contribution is 6.30. The molecule has 0 unspecified atom stereocenters. The summed E-state index contributed by atoms with van der Waals surface area (Å²) in [4.78, 5) is 70.5. The van der Waals surface area contributed by atoms with Gasteiger partial charge in [0.1, 0.15) is 5.82 Å². The molecule has 0 atom stereocenters. The lowest BCUT2D eigenvalue weighted by Crippen LogP contribution is -2.52. The Morgan fingerprint density at radius 1 is 0.893 bits per heavy atom. The maximum Gasteiger partial charge on any atom is 0.272 e. The number of halogens is 2. The number of piperazine rings is 1. The molecule has 3 aromatic carbocycles. The van der Waals surface area contributed by atoms with Crippen LogP contribution >= 0.6 is 11.6 Å². The third-order valence-electron chi connectivity index (χ3n) is 9.13. The van der Waals surface area contributed by atoms with Crippen molar-refractivity contribution < 1.29 is 28.3 Å². The van der Waals surface area contributed by atoms with Gasteiger partial charge in [-0.1, -0.05) is 48.0 Å². The number of nitrogens with zero attached hydrogens (tertiary/aromatic N) is 4. The van der Waals surface area contributed by atoms with E-state index in [0.717, 1.165) is 5.56 Å². The van der Waals surface area contributed by atoms with Gasteiger partial charge in [0.15, 0.2) is 5.69 Å². The van der Waals surface area contributed by atoms with Crippen molar-refractivity contribution in [2.24, 2.45) is 0 Å². The van der Waals surface area contributed by atoms with Crippen LogP contribution in [0.1, 0.15) is 39.0 Å². The first-order valence-electron chi connectivity index (χ1n) is 18.0. The van der Waals surface area contributed by atoms with Crippen LogP contribution in [0.25, 0.3) is 21.9 Å². The van der Waals surface area contributed by atoms with E-state index in [9.17, 15) is 28.4 Å². The van der Waals surface area contributed by atoms with Crippen molar-refractivity contribution in [2.75, 3.05) is 64.3 Å². The van der Waals surface area contributed by atoms with Crippen molar-refractivity contribution in [3.63, 3.8) is 0 Å². The molecule has 3 heterocycles. The van der Waals surface area contributed by atoms with Crippen molar-refractivity contribution in [1.29, 1.82) is 0 Å². The molecule has 1 aliphatic rings. The van der Waals surface area contributed by atoms with Crippen molar-refractivity contribution in [1.82, 2.24) is 35.6 Å². The second kappa shape index (κ2) is 18.5. The van der Waals surface area contributed by atoms with Crippen LogP contribution in [0.3, 0.4) is 0 Å². The molecule has 4 amide bonds. The Hall–Kier alpha value is -6.03. The van der Waals surface area contributed by atoms with Gasteiger partial charge in [-0.15, -0.1) is 0 Å². The van der Waals surface area contributed by atoms with E-state index in [1.807, 2.05) is 12.1 Å². The van der Waals surface area contributed by atoms with Gasteiger partial charge >= 0.3 is 0 Å². The lowest BCUT2D eigenvalue weighted by atomic mass is 10.0. The van der Waals surface area contributed by atoms with Crippen molar-refractivity contribution in [2.45, 2.75) is 13.3 Å². The molecular weight excluding hydrogens is 743 g/mol. The van der Waals surface area contributed by atoms with Crippen molar-refractivity contribution >= 4 is 51.7 Å². The van der Waals surface area contributed by atoms with E-state index in [4.69, 9.17) is 16.3 Å². The number of anilines is 1. The fourth-order valence-electron chi connectivity index (χ4n) is 6.31. The number of ether oxygens (including phenoxy) is 1. The van der Waals surface area contributed by atoms with Crippen LogP contribution in [0.15, 0.2) is 83.8 Å². The van der Waals surface area contributed by atoms with Crippen LogP contribution in [-0.4, -0.2) is 108 Å². The number of benzene rings is 3. The fraction of sp³-hybridized carbons (Fsp3) is 0.275. The van der Waals surface area contributed by atoms with Crippen LogP contribution in [0, 0.1) is 5.82 Å². The third-order valence-corrected chi connectivity index (χ3v) is 9.37. The quantitative estimate of drug-likeness (QED) is 0.123. The maximum absolute atomic E-state index is 14.9. The third kappa shape index (κ3) is 9.98. The summed E-state index contributed by atoms with van der Waals surface area (Å²) in [6.45, 7) is 3.60. The molecular formula is C40H40ClFN8O6. The minimum Gasteiger partial charge on any atom is -0.378 e. The maximum atomic E-state index is 14.9. The number of nitrogens with one attached hydrogen (secondary N) is 4. The molecule has 4 N–H and O–H groups in total. The molecule has 290 valence electrons. The number of fused-ring (bicyclic) bond motifs is 1. The van der Waals surface area contributed by atoms with Gasteiger partial charge in [0.25, 0.3) is 17.4 Å². The number of rotatable bonds is 14. The fourth-order valence-corrected chi connectivity index (χ4v) is 6.50. The summed E-state index contributed by atoms with van der Waals surface area (Å²) in [5, 5.41) is 16.9. The van der Waals surface area contributed by atoms with Crippen LogP contribution in [0.2, 0.25) is 5.02 Å². The number of aromatic nitrogens is 3. The SMILES string of the molecule is CC(=O)Nc1cc(-c2cccc(Cl)c2)cnc1C(=O)NCCOCCNCC(=O)N1CCN(C(=O)c2cc(Cc3n[nH]c(=O)c4ccccc34)ccc2F)CC1. The number of pyridine rings is 1. The molecule has 0 bridgehead atoms. The number of H-pyrrole nitrogens is 1. The summed E-state index contributed by atoms with van der Waals surface area (Å²) in [7, 11) is 0. The van der Waals surface area contributed by atoms with Gasteiger partial charge in [0, 0.05) is 74.8 Å². The molecule has 0 aliphatic carbocycles. The summed E-state index contributed by atoms with van der Waals surface area (Å²) in [5.74, 6) is -2.06. The average Bonchev–Trinajstić information content (AvgIpc) is 3.20. The second-order valence-corrected chi connectivity index (χ2v) is 13.5. The molecule has 14 nitrogen and oxygen atoms in total. The summed E-state index contributed by atoms with van der Waals surface area (Å²) >= 11 is 6.11. The largest absolute Gasteiger partial charge is 0.378 e. The highest BCUT2D eigenvalue weighted by atomic mass is 35.5. The van der Waals surface area contributed by atoms with Gasteiger partial charge in [-0.25, -0.2) is 14.5 Å². The molecule has 0 spiro atoms. The van der Waals surface area contributed by atoms with Crippen LogP contribution in [0.4, 0.5) is 10.1 Å². The number of amides is 4. The number of hydrogen-bond donors (Lipinski definition) is 4. The number of carbonyl (C=O) groups is 4. The summed E-state index contributed by atoms with van der Waals surface area (Å²) < 4.78 is 20.5. The Bertz CT molecular complexity index is 2310. The Labute approximate surface area is 326 Å². The smallest absolute Gasteiger partial charge is 0.272 e. The van der Waals surface area contributed by atoms with Gasteiger partial charge in [0.05, 0.1) is 42.1 Å². The van der Waals surface area contributed by atoms with E-state index in [2.05, 4.69) is 31.1 Å². The van der Waals surface area contributed by atoms with E-state index in [-0.39, 0.29) is 80.1 Å². The molecule has 56 heavy (non-hydrogen) atoms. The zero-order valence-corrected chi connectivity index (χ0v) is 31.3. The van der Waals surface area contributed by atoms with Crippen LogP contribution in [-0.2, 0) is 20.7 Å². The first kappa shape index (κ1) is 39.7. The zero-order chi connectivity index (χ0) is 39.6.